The zero-order chi connectivity index (χ0) is 15.7. The Morgan fingerprint density at radius 2 is 2.18 bits per heavy atom. The van der Waals surface area contributed by atoms with Crippen molar-refractivity contribution >= 4 is 5.78 Å². The van der Waals surface area contributed by atoms with Gasteiger partial charge in [0.2, 0.25) is 0 Å². The Balaban J connectivity index is 2.07. The van der Waals surface area contributed by atoms with E-state index < -0.39 is 17.1 Å². The Hall–Kier alpha value is -1.55. The van der Waals surface area contributed by atoms with Gasteiger partial charge >= 0.3 is 0 Å². The van der Waals surface area contributed by atoms with E-state index in [0.717, 1.165) is 24.0 Å². The van der Waals surface area contributed by atoms with E-state index in [9.17, 15) is 15.0 Å². The summed E-state index contributed by atoms with van der Waals surface area (Å²) in [6.07, 6.45) is 2.50. The van der Waals surface area contributed by atoms with E-state index in [2.05, 4.69) is 13.8 Å². The van der Waals surface area contributed by atoms with E-state index in [1.54, 1.807) is 6.07 Å². The molecule has 0 bridgehead atoms. The van der Waals surface area contributed by atoms with Gasteiger partial charge in [-0.3, -0.25) is 4.79 Å². The van der Waals surface area contributed by atoms with Crippen molar-refractivity contribution in [3.63, 3.8) is 0 Å². The number of phenols is 1. The summed E-state index contributed by atoms with van der Waals surface area (Å²) in [6, 6.07) is 3.57. The first-order chi connectivity index (χ1) is 10.5. The second kappa shape index (κ2) is 4.25. The Kier molecular flexibility index (Phi) is 2.72. The zero-order valence-electron chi connectivity index (χ0n) is 13.1. The highest BCUT2D eigenvalue weighted by Gasteiger charge is 2.69. The summed E-state index contributed by atoms with van der Waals surface area (Å²) in [5, 5.41) is 21.8. The van der Waals surface area contributed by atoms with Gasteiger partial charge in [-0.1, -0.05) is 26.3 Å². The van der Waals surface area contributed by atoms with Gasteiger partial charge in [0, 0.05) is 12.0 Å². The Morgan fingerprint density at radius 3 is 2.91 bits per heavy atom. The topological polar surface area (TPSA) is 66.8 Å². The van der Waals surface area contributed by atoms with Crippen LogP contribution in [-0.4, -0.2) is 27.7 Å². The van der Waals surface area contributed by atoms with Crippen molar-refractivity contribution in [2.75, 3.05) is 0 Å². The fourth-order valence-electron chi connectivity index (χ4n) is 5.24. The Labute approximate surface area is 130 Å². The Morgan fingerprint density at radius 1 is 1.41 bits per heavy atom. The molecule has 2 aliphatic carbocycles. The highest BCUT2D eigenvalue weighted by Crippen LogP contribution is 2.64. The van der Waals surface area contributed by atoms with Crippen LogP contribution in [0.1, 0.15) is 50.7 Å². The van der Waals surface area contributed by atoms with Crippen LogP contribution in [0.15, 0.2) is 12.1 Å². The second-order valence-corrected chi connectivity index (χ2v) is 7.16. The molecular formula is C18H22O4. The molecule has 22 heavy (non-hydrogen) atoms. The number of aliphatic hydroxyl groups is 1. The maximum Gasteiger partial charge on any atom is 0.174 e. The average molecular weight is 302 g/mol. The summed E-state index contributed by atoms with van der Waals surface area (Å²) >= 11 is 0. The van der Waals surface area contributed by atoms with Crippen LogP contribution in [-0.2, 0) is 16.6 Å². The van der Waals surface area contributed by atoms with Gasteiger partial charge in [0.1, 0.15) is 0 Å². The smallest absolute Gasteiger partial charge is 0.174 e. The first-order valence-electron chi connectivity index (χ1n) is 8.22. The van der Waals surface area contributed by atoms with Crippen molar-refractivity contribution < 1.29 is 19.7 Å². The summed E-state index contributed by atoms with van der Waals surface area (Å²) in [6.45, 7) is 4.14. The second-order valence-electron chi connectivity index (χ2n) is 7.16. The standard InChI is InChI=1S/C18H22O4/c1-3-7-17-14-11-4-5-12(19)15(14)22-16(17)13(20)6-8-18(17,21)10(2)9-11/h4-5,10,16,19,21H,3,6-9H2,1-2H3/t10?,16-,17?,18+/m0/s1. The third-order valence-corrected chi connectivity index (χ3v) is 6.16. The normalized spacial score (nSPS) is 38.6. The van der Waals surface area contributed by atoms with Crippen LogP contribution >= 0.6 is 0 Å². The molecule has 3 aliphatic rings. The van der Waals surface area contributed by atoms with E-state index in [1.807, 2.05) is 6.07 Å². The molecule has 0 radical (unpaired) electrons. The van der Waals surface area contributed by atoms with Crippen molar-refractivity contribution in [1.82, 2.24) is 0 Å². The van der Waals surface area contributed by atoms with Crippen molar-refractivity contribution in [1.29, 1.82) is 0 Å². The molecule has 1 heterocycles. The van der Waals surface area contributed by atoms with Gasteiger partial charge in [-0.15, -0.1) is 0 Å². The predicted molar refractivity (Wildman–Crippen MR) is 81.2 cm³/mol. The average Bonchev–Trinajstić information content (AvgIpc) is 2.84. The summed E-state index contributed by atoms with van der Waals surface area (Å²) in [5.74, 6) is 0.625. The lowest BCUT2D eigenvalue weighted by Crippen LogP contribution is -2.67. The van der Waals surface area contributed by atoms with Crippen LogP contribution in [0.4, 0.5) is 0 Å². The van der Waals surface area contributed by atoms with E-state index in [0.29, 0.717) is 25.0 Å². The van der Waals surface area contributed by atoms with Gasteiger partial charge in [0.25, 0.3) is 0 Å². The summed E-state index contributed by atoms with van der Waals surface area (Å²) in [4.78, 5) is 12.5. The van der Waals surface area contributed by atoms with Gasteiger partial charge in [0.05, 0.1) is 11.0 Å². The molecule has 118 valence electrons. The number of hydrogen-bond donors (Lipinski definition) is 2. The van der Waals surface area contributed by atoms with Crippen LogP contribution in [0.3, 0.4) is 0 Å². The summed E-state index contributed by atoms with van der Waals surface area (Å²) in [7, 11) is 0. The molecule has 0 spiro atoms. The molecule has 4 heteroatoms. The SMILES string of the molecule is CCCC12c3c4ccc(O)c3O[C@H]1C(=O)CC[C@@]2(O)C(C)C4. The Bertz CT molecular complexity index is 667. The van der Waals surface area contributed by atoms with Gasteiger partial charge in [-0.2, -0.15) is 0 Å². The lowest BCUT2D eigenvalue weighted by Gasteiger charge is -2.56. The summed E-state index contributed by atoms with van der Waals surface area (Å²) in [5.41, 5.74) is 0.370. The van der Waals surface area contributed by atoms with Crippen molar-refractivity contribution in [3.05, 3.63) is 23.3 Å². The molecule has 2 unspecified atom stereocenters. The molecular weight excluding hydrogens is 280 g/mol. The van der Waals surface area contributed by atoms with E-state index in [4.69, 9.17) is 4.74 Å². The van der Waals surface area contributed by atoms with Crippen LogP contribution in [0.2, 0.25) is 0 Å². The fourth-order valence-corrected chi connectivity index (χ4v) is 5.24. The molecule has 1 aromatic rings. The number of phenolic OH excluding ortho intramolecular Hbond substituents is 1. The number of benzene rings is 1. The fraction of sp³-hybridized carbons (Fsp3) is 0.611. The molecule has 0 saturated heterocycles. The number of ketones is 1. The third kappa shape index (κ3) is 1.35. The van der Waals surface area contributed by atoms with E-state index in [1.165, 1.54) is 0 Å². The minimum atomic E-state index is -0.937. The number of hydrogen-bond acceptors (Lipinski definition) is 4. The van der Waals surface area contributed by atoms with Crippen LogP contribution in [0.25, 0.3) is 0 Å². The molecule has 0 amide bonds. The lowest BCUT2D eigenvalue weighted by atomic mass is 9.49. The van der Waals surface area contributed by atoms with Gasteiger partial charge in [-0.25, -0.2) is 0 Å². The molecule has 1 aromatic carbocycles. The number of ether oxygens (including phenoxy) is 1. The molecule has 4 nitrogen and oxygen atoms in total. The summed E-state index contributed by atoms with van der Waals surface area (Å²) < 4.78 is 5.96. The first kappa shape index (κ1) is 14.1. The van der Waals surface area contributed by atoms with Gasteiger partial charge in [0.15, 0.2) is 23.4 Å². The molecule has 4 rings (SSSR count). The van der Waals surface area contributed by atoms with Gasteiger partial charge < -0.3 is 14.9 Å². The number of aromatic hydroxyl groups is 1. The van der Waals surface area contributed by atoms with Crippen molar-refractivity contribution in [3.8, 4) is 11.5 Å². The predicted octanol–water partition coefficient (Wildman–Crippen LogP) is 2.48. The zero-order valence-corrected chi connectivity index (χ0v) is 13.1. The number of carbonyl (C=O) groups is 1. The molecule has 1 aliphatic heterocycles. The van der Waals surface area contributed by atoms with E-state index >= 15 is 0 Å². The highest BCUT2D eigenvalue weighted by molar-refractivity contribution is 5.89. The minimum Gasteiger partial charge on any atom is -0.504 e. The molecule has 0 aromatic heterocycles. The van der Waals surface area contributed by atoms with Crippen molar-refractivity contribution in [2.24, 2.45) is 5.92 Å². The third-order valence-electron chi connectivity index (χ3n) is 6.16. The highest BCUT2D eigenvalue weighted by atomic mass is 16.5. The maximum atomic E-state index is 12.5. The van der Waals surface area contributed by atoms with Crippen LogP contribution in [0.5, 0.6) is 11.5 Å². The number of carbonyl (C=O) groups excluding carboxylic acids is 1. The quantitative estimate of drug-likeness (QED) is 0.881. The molecule has 1 saturated carbocycles. The molecule has 2 N–H and O–H groups in total. The number of rotatable bonds is 2. The van der Waals surface area contributed by atoms with Crippen LogP contribution in [0, 0.1) is 5.92 Å². The number of Topliss-reactive ketones (excluding diaryl/α,β-unsaturated/α-hetero) is 1. The lowest BCUT2D eigenvalue weighted by molar-refractivity contribution is -0.164. The molecule has 4 atom stereocenters. The monoisotopic (exact) mass is 302 g/mol. The van der Waals surface area contributed by atoms with Crippen LogP contribution < -0.4 is 4.74 Å². The largest absolute Gasteiger partial charge is 0.504 e. The maximum absolute atomic E-state index is 12.5. The van der Waals surface area contributed by atoms with Gasteiger partial charge in [-0.05, 0) is 36.8 Å². The van der Waals surface area contributed by atoms with Crippen molar-refractivity contribution in [2.45, 2.75) is 63.1 Å². The first-order valence-corrected chi connectivity index (χ1v) is 8.22. The van der Waals surface area contributed by atoms with E-state index in [-0.39, 0.29) is 17.5 Å². The minimum absolute atomic E-state index is 0.0498. The molecule has 1 fully saturated rings.